The van der Waals surface area contributed by atoms with Crippen LogP contribution in [0.5, 0.6) is 0 Å². The van der Waals surface area contributed by atoms with Gasteiger partial charge in [-0.1, -0.05) is 13.0 Å². The van der Waals surface area contributed by atoms with E-state index < -0.39 is 6.00 Å². The summed E-state index contributed by atoms with van der Waals surface area (Å²) in [5.74, 6) is 0. The van der Waals surface area contributed by atoms with Crippen molar-refractivity contribution in [1.82, 2.24) is 0 Å². The highest BCUT2D eigenvalue weighted by molar-refractivity contribution is 7.65. The van der Waals surface area contributed by atoms with E-state index in [9.17, 15) is 0 Å². The van der Waals surface area contributed by atoms with Crippen LogP contribution in [-0.4, -0.2) is 6.00 Å². The number of rotatable bonds is 2. The van der Waals surface area contributed by atoms with E-state index in [1.807, 2.05) is 6.92 Å². The Hall–Kier alpha value is 0.827. The Morgan fingerprint density at radius 1 is 1.50 bits per heavy atom. The Morgan fingerprint density at radius 2 is 1.88 bits per heavy atom. The molecule has 0 N–H and O–H groups in total. The third-order valence-electron chi connectivity index (χ3n) is 0.870. The van der Waals surface area contributed by atoms with E-state index in [1.165, 1.54) is 0 Å². The van der Waals surface area contributed by atoms with Gasteiger partial charge in [0, 0.05) is 5.54 Å². The van der Waals surface area contributed by atoms with Gasteiger partial charge >= 0.3 is 6.00 Å². The summed E-state index contributed by atoms with van der Waals surface area (Å²) in [5.41, 5.74) is 0.0486. The minimum Gasteiger partial charge on any atom is -0.125 e. The Balaban J connectivity index is 3.80. The van der Waals surface area contributed by atoms with Gasteiger partial charge in [-0.05, 0) is 0 Å². The zero-order chi connectivity index (χ0) is 6.78. The monoisotopic (exact) mass is 188 g/mol. The maximum atomic E-state index is 5.58. The number of hydrogen-bond donors (Lipinski definition) is 0. The molecule has 48 valence electrons. The third kappa shape index (κ3) is 2.97. The number of hydrogen-bond acceptors (Lipinski definition) is 0. The van der Waals surface area contributed by atoms with E-state index in [1.54, 1.807) is 6.08 Å². The molecule has 0 spiro atoms. The summed E-state index contributed by atoms with van der Waals surface area (Å²) >= 11 is 16.7. The molecule has 1 atom stereocenters. The smallest absolute Gasteiger partial charge is 0.125 e. The van der Waals surface area contributed by atoms with Gasteiger partial charge in [-0.25, -0.2) is 0 Å². The molecule has 0 heterocycles. The van der Waals surface area contributed by atoms with Crippen LogP contribution in [0.25, 0.3) is 0 Å². The van der Waals surface area contributed by atoms with Crippen molar-refractivity contribution in [3.05, 3.63) is 12.7 Å². The first kappa shape index (κ1) is 8.83. The van der Waals surface area contributed by atoms with Crippen LogP contribution in [-0.2, 0) is 0 Å². The minimum atomic E-state index is -2.46. The summed E-state index contributed by atoms with van der Waals surface area (Å²) in [6, 6.07) is -2.46. The van der Waals surface area contributed by atoms with Gasteiger partial charge in [-0.15, -0.1) is 39.8 Å². The van der Waals surface area contributed by atoms with Crippen molar-refractivity contribution in [3.8, 4) is 0 Å². The van der Waals surface area contributed by atoms with E-state index in [4.69, 9.17) is 33.2 Å². The van der Waals surface area contributed by atoms with Gasteiger partial charge in [0.2, 0.25) is 0 Å². The van der Waals surface area contributed by atoms with Crippen molar-refractivity contribution in [2.24, 2.45) is 0 Å². The molecule has 4 heteroatoms. The van der Waals surface area contributed by atoms with E-state index in [-0.39, 0.29) is 5.54 Å². The van der Waals surface area contributed by atoms with Crippen LogP contribution in [0.3, 0.4) is 0 Å². The van der Waals surface area contributed by atoms with Crippen LogP contribution in [0, 0.1) is 0 Å². The second-order valence-corrected chi connectivity index (χ2v) is 10.7. The molecule has 0 radical (unpaired) electrons. The predicted octanol–water partition coefficient (Wildman–Crippen LogP) is 3.22. The van der Waals surface area contributed by atoms with E-state index >= 15 is 0 Å². The Labute approximate surface area is 64.6 Å². The fourth-order valence-corrected chi connectivity index (χ4v) is 1.20. The van der Waals surface area contributed by atoms with E-state index in [0.717, 1.165) is 0 Å². The van der Waals surface area contributed by atoms with Gasteiger partial charge in [0.1, 0.15) is 0 Å². The lowest BCUT2D eigenvalue weighted by Gasteiger charge is -2.11. The molecule has 0 amide bonds. The van der Waals surface area contributed by atoms with Crippen LogP contribution in [0.15, 0.2) is 12.7 Å². The second-order valence-electron chi connectivity index (χ2n) is 1.57. The zero-order valence-electron chi connectivity index (χ0n) is 4.50. The van der Waals surface area contributed by atoms with Gasteiger partial charge in [-0.2, -0.15) is 0 Å². The standard InChI is InChI=1S/C4H7Cl3Si/c1-3-4(2)8(5,6)7/h3-4H,1H2,2H3. The van der Waals surface area contributed by atoms with Crippen LogP contribution in [0.1, 0.15) is 6.92 Å². The van der Waals surface area contributed by atoms with Crippen molar-refractivity contribution >= 4 is 39.2 Å². The zero-order valence-corrected chi connectivity index (χ0v) is 7.76. The summed E-state index contributed by atoms with van der Waals surface area (Å²) in [6.45, 7) is 5.36. The number of allylic oxidation sites excluding steroid dienone is 1. The molecule has 0 aliphatic carbocycles. The summed E-state index contributed by atoms with van der Waals surface area (Å²) < 4.78 is 0. The summed E-state index contributed by atoms with van der Waals surface area (Å²) in [4.78, 5) is 0. The molecule has 0 saturated carbocycles. The highest BCUT2D eigenvalue weighted by Gasteiger charge is 2.30. The fourth-order valence-electron chi connectivity index (χ4n) is 0.134. The van der Waals surface area contributed by atoms with Gasteiger partial charge in [-0.3, -0.25) is 0 Å². The van der Waals surface area contributed by atoms with Gasteiger partial charge in [0.15, 0.2) is 0 Å². The first-order chi connectivity index (χ1) is 3.48. The lowest BCUT2D eigenvalue weighted by Crippen LogP contribution is -2.14. The predicted molar refractivity (Wildman–Crippen MR) is 42.9 cm³/mol. The largest absolute Gasteiger partial charge is 0.347 e. The highest BCUT2D eigenvalue weighted by Crippen LogP contribution is 2.33. The normalized spacial score (nSPS) is 15.5. The molecule has 1 unspecified atom stereocenters. The molecular formula is C4H7Cl3Si. The minimum absolute atomic E-state index is 0.0486. The SMILES string of the molecule is C=CC(C)[Si](Cl)(Cl)Cl. The first-order valence-corrected chi connectivity index (χ1v) is 7.29. The molecule has 0 fully saturated rings. The maximum Gasteiger partial charge on any atom is 0.347 e. The summed E-state index contributed by atoms with van der Waals surface area (Å²) in [5, 5.41) is 0. The summed E-state index contributed by atoms with van der Waals surface area (Å²) in [7, 11) is 0. The fraction of sp³-hybridized carbons (Fsp3) is 0.500. The molecule has 0 rings (SSSR count). The van der Waals surface area contributed by atoms with Crippen molar-refractivity contribution in [3.63, 3.8) is 0 Å². The molecule has 0 aromatic heterocycles. The topological polar surface area (TPSA) is 0 Å². The first-order valence-electron chi connectivity index (χ1n) is 2.17. The molecule has 0 saturated heterocycles. The van der Waals surface area contributed by atoms with Crippen molar-refractivity contribution in [2.75, 3.05) is 0 Å². The van der Waals surface area contributed by atoms with E-state index in [2.05, 4.69) is 6.58 Å². The van der Waals surface area contributed by atoms with Crippen LogP contribution in [0.2, 0.25) is 5.54 Å². The Kier molecular flexibility index (Phi) is 3.43. The molecule has 0 nitrogen and oxygen atoms in total. The maximum absolute atomic E-state index is 5.58. The molecule has 8 heavy (non-hydrogen) atoms. The average Bonchev–Trinajstić information content (AvgIpc) is 1.62. The molecule has 0 aromatic carbocycles. The third-order valence-corrected chi connectivity index (χ3v) is 5.24. The molecule has 0 bridgehead atoms. The summed E-state index contributed by atoms with van der Waals surface area (Å²) in [6.07, 6.45) is 1.67. The highest BCUT2D eigenvalue weighted by atomic mass is 35.8. The lowest BCUT2D eigenvalue weighted by molar-refractivity contribution is 1.20. The van der Waals surface area contributed by atoms with Gasteiger partial charge in [0.25, 0.3) is 0 Å². The van der Waals surface area contributed by atoms with Crippen molar-refractivity contribution < 1.29 is 0 Å². The molecule has 0 aliphatic heterocycles. The molecular weight excluding hydrogens is 182 g/mol. The van der Waals surface area contributed by atoms with Crippen LogP contribution >= 0.6 is 33.2 Å². The quantitative estimate of drug-likeness (QED) is 0.356. The second kappa shape index (κ2) is 3.11. The Bertz CT molecular complexity index is 85.8. The lowest BCUT2D eigenvalue weighted by atomic mass is 10.5. The Morgan fingerprint density at radius 3 is 1.88 bits per heavy atom. The molecule has 0 aliphatic rings. The van der Waals surface area contributed by atoms with Crippen molar-refractivity contribution in [2.45, 2.75) is 12.5 Å². The molecule has 0 aromatic rings. The number of halogens is 3. The van der Waals surface area contributed by atoms with Gasteiger partial charge < -0.3 is 0 Å². The van der Waals surface area contributed by atoms with Crippen LogP contribution < -0.4 is 0 Å². The van der Waals surface area contributed by atoms with Gasteiger partial charge in [0.05, 0.1) is 0 Å². The average molecular weight is 190 g/mol. The van der Waals surface area contributed by atoms with Crippen molar-refractivity contribution in [1.29, 1.82) is 0 Å². The van der Waals surface area contributed by atoms with Crippen LogP contribution in [0.4, 0.5) is 0 Å². The van der Waals surface area contributed by atoms with E-state index in [0.29, 0.717) is 0 Å².